The Labute approximate surface area is 86.3 Å². The number of hydrogen-bond acceptors (Lipinski definition) is 1. The molecule has 0 aliphatic heterocycles. The fourth-order valence-corrected chi connectivity index (χ4v) is 1.44. The molecule has 0 rings (SSSR count). The van der Waals surface area contributed by atoms with Crippen molar-refractivity contribution < 1.29 is 9.90 Å². The molecular formula is C12H20O2. The summed E-state index contributed by atoms with van der Waals surface area (Å²) < 4.78 is 0. The van der Waals surface area contributed by atoms with Crippen LogP contribution in [0.25, 0.3) is 0 Å². The van der Waals surface area contributed by atoms with Gasteiger partial charge in [-0.2, -0.15) is 0 Å². The molecule has 0 saturated heterocycles. The van der Waals surface area contributed by atoms with E-state index in [1.54, 1.807) is 0 Å². The van der Waals surface area contributed by atoms with E-state index in [9.17, 15) is 4.79 Å². The van der Waals surface area contributed by atoms with Gasteiger partial charge in [-0.05, 0) is 25.2 Å². The first-order chi connectivity index (χ1) is 6.63. The van der Waals surface area contributed by atoms with Crippen molar-refractivity contribution in [3.63, 3.8) is 0 Å². The maximum Gasteiger partial charge on any atom is 0.331 e. The smallest absolute Gasteiger partial charge is 0.331 e. The molecule has 1 N–H and O–H groups in total. The minimum Gasteiger partial charge on any atom is -0.478 e. The average Bonchev–Trinajstić information content (AvgIpc) is 2.17. The van der Waals surface area contributed by atoms with Crippen molar-refractivity contribution in [2.45, 2.75) is 39.0 Å². The first-order valence-electron chi connectivity index (χ1n) is 5.16. The van der Waals surface area contributed by atoms with Crippen LogP contribution in [-0.2, 0) is 4.79 Å². The molecule has 1 unspecified atom stereocenters. The first-order valence-corrected chi connectivity index (χ1v) is 5.16. The van der Waals surface area contributed by atoms with E-state index in [-0.39, 0.29) is 5.92 Å². The van der Waals surface area contributed by atoms with E-state index in [0.717, 1.165) is 32.1 Å². The van der Waals surface area contributed by atoms with Gasteiger partial charge in [-0.1, -0.05) is 32.4 Å². The number of rotatable bonds is 8. The molecule has 2 heteroatoms. The molecule has 0 aliphatic rings. The molecule has 0 radical (unpaired) electrons. The number of allylic oxidation sites excluding steroid dienone is 1. The Bertz CT molecular complexity index is 206. The number of aliphatic carboxylic acids is 1. The van der Waals surface area contributed by atoms with E-state index >= 15 is 0 Å². The molecule has 0 aliphatic carbocycles. The van der Waals surface area contributed by atoms with Crippen LogP contribution in [0.3, 0.4) is 0 Å². The van der Waals surface area contributed by atoms with E-state index in [4.69, 9.17) is 5.11 Å². The van der Waals surface area contributed by atoms with Crippen LogP contribution in [0.5, 0.6) is 0 Å². The third-order valence-electron chi connectivity index (χ3n) is 2.39. The van der Waals surface area contributed by atoms with Crippen LogP contribution in [0.1, 0.15) is 39.0 Å². The lowest BCUT2D eigenvalue weighted by Gasteiger charge is -2.15. The van der Waals surface area contributed by atoms with Crippen LogP contribution < -0.4 is 0 Å². The molecule has 0 aromatic heterocycles. The molecule has 0 amide bonds. The van der Waals surface area contributed by atoms with Gasteiger partial charge in [-0.15, -0.1) is 6.58 Å². The van der Waals surface area contributed by atoms with Gasteiger partial charge in [0.05, 0.1) is 0 Å². The molecule has 14 heavy (non-hydrogen) atoms. The zero-order chi connectivity index (χ0) is 11.0. The second-order valence-corrected chi connectivity index (χ2v) is 3.54. The molecule has 0 heterocycles. The summed E-state index contributed by atoms with van der Waals surface area (Å²) in [5.74, 6) is -0.749. The molecule has 0 saturated carbocycles. The molecule has 0 fully saturated rings. The highest BCUT2D eigenvalue weighted by atomic mass is 16.4. The number of carboxylic acids is 1. The highest BCUT2D eigenvalue weighted by Gasteiger charge is 2.16. The van der Waals surface area contributed by atoms with Gasteiger partial charge < -0.3 is 5.11 Å². The minimum absolute atomic E-state index is 0.116. The van der Waals surface area contributed by atoms with Crippen molar-refractivity contribution in [3.05, 3.63) is 24.8 Å². The summed E-state index contributed by atoms with van der Waals surface area (Å²) in [4.78, 5) is 10.7. The van der Waals surface area contributed by atoms with Crippen molar-refractivity contribution in [2.75, 3.05) is 0 Å². The largest absolute Gasteiger partial charge is 0.478 e. The minimum atomic E-state index is -0.866. The molecule has 0 aromatic carbocycles. The Morgan fingerprint density at radius 3 is 2.57 bits per heavy atom. The summed E-state index contributed by atoms with van der Waals surface area (Å²) in [6, 6.07) is 0. The fourth-order valence-electron chi connectivity index (χ4n) is 1.44. The molecule has 0 spiro atoms. The van der Waals surface area contributed by atoms with Crippen LogP contribution in [-0.4, -0.2) is 11.1 Å². The van der Waals surface area contributed by atoms with E-state index in [1.807, 2.05) is 6.08 Å². The van der Waals surface area contributed by atoms with Crippen molar-refractivity contribution in [1.82, 2.24) is 0 Å². The van der Waals surface area contributed by atoms with Gasteiger partial charge in [-0.25, -0.2) is 4.79 Å². The predicted octanol–water partition coefficient (Wildman–Crippen LogP) is 3.40. The monoisotopic (exact) mass is 196 g/mol. The lowest BCUT2D eigenvalue weighted by atomic mass is 9.90. The zero-order valence-corrected chi connectivity index (χ0v) is 8.96. The maximum atomic E-state index is 10.7. The van der Waals surface area contributed by atoms with Crippen LogP contribution in [0.4, 0.5) is 0 Å². The lowest BCUT2D eigenvalue weighted by molar-refractivity contribution is -0.133. The number of carbonyl (C=O) groups is 1. The van der Waals surface area contributed by atoms with Gasteiger partial charge in [0.15, 0.2) is 0 Å². The second kappa shape index (κ2) is 7.36. The number of hydrogen-bond donors (Lipinski definition) is 1. The summed E-state index contributed by atoms with van der Waals surface area (Å²) in [5, 5.41) is 8.83. The molecule has 0 aromatic rings. The molecule has 2 nitrogen and oxygen atoms in total. The van der Waals surface area contributed by atoms with Crippen LogP contribution in [0, 0.1) is 5.92 Å². The Balaban J connectivity index is 4.14. The molecule has 80 valence electrons. The summed E-state index contributed by atoms with van der Waals surface area (Å²) >= 11 is 0. The summed E-state index contributed by atoms with van der Waals surface area (Å²) in [6.07, 6.45) is 6.63. The summed E-state index contributed by atoms with van der Waals surface area (Å²) in [5.41, 5.74) is 0.348. The van der Waals surface area contributed by atoms with Crippen LogP contribution in [0.2, 0.25) is 0 Å². The van der Waals surface area contributed by atoms with Gasteiger partial charge in [-0.3, -0.25) is 0 Å². The topological polar surface area (TPSA) is 37.3 Å². The highest BCUT2D eigenvalue weighted by molar-refractivity contribution is 5.86. The Morgan fingerprint density at radius 2 is 2.14 bits per heavy atom. The third kappa shape index (κ3) is 4.85. The van der Waals surface area contributed by atoms with Gasteiger partial charge >= 0.3 is 5.97 Å². The molecule has 0 bridgehead atoms. The normalized spacial score (nSPS) is 12.1. The SMILES string of the molecule is C=CCCC(CCCC)C(=C)C(=O)O. The lowest BCUT2D eigenvalue weighted by Crippen LogP contribution is -2.11. The Kier molecular flexibility index (Phi) is 6.81. The van der Waals surface area contributed by atoms with Crippen LogP contribution in [0.15, 0.2) is 24.8 Å². The van der Waals surface area contributed by atoms with Crippen molar-refractivity contribution in [3.8, 4) is 0 Å². The first kappa shape index (κ1) is 12.9. The maximum absolute atomic E-state index is 10.7. The predicted molar refractivity (Wildman–Crippen MR) is 59.2 cm³/mol. The Morgan fingerprint density at radius 1 is 1.50 bits per heavy atom. The van der Waals surface area contributed by atoms with E-state index in [2.05, 4.69) is 20.1 Å². The van der Waals surface area contributed by atoms with Gasteiger partial charge in [0.25, 0.3) is 0 Å². The molecular weight excluding hydrogens is 176 g/mol. The molecule has 1 atom stereocenters. The Hall–Kier alpha value is -1.05. The van der Waals surface area contributed by atoms with Crippen molar-refractivity contribution in [2.24, 2.45) is 5.92 Å². The zero-order valence-electron chi connectivity index (χ0n) is 8.96. The standard InChI is InChI=1S/C12H20O2/c1-4-6-8-11(9-7-5-2)10(3)12(13)14/h4,11H,1,3,5-9H2,2H3,(H,13,14). The highest BCUT2D eigenvalue weighted by Crippen LogP contribution is 2.22. The quantitative estimate of drug-likeness (QED) is 0.477. The average molecular weight is 196 g/mol. The van der Waals surface area contributed by atoms with Crippen molar-refractivity contribution >= 4 is 5.97 Å². The van der Waals surface area contributed by atoms with E-state index in [1.165, 1.54) is 0 Å². The summed E-state index contributed by atoms with van der Waals surface area (Å²) in [7, 11) is 0. The van der Waals surface area contributed by atoms with Crippen LogP contribution >= 0.6 is 0 Å². The van der Waals surface area contributed by atoms with Crippen molar-refractivity contribution in [1.29, 1.82) is 0 Å². The van der Waals surface area contributed by atoms with Gasteiger partial charge in [0, 0.05) is 5.57 Å². The third-order valence-corrected chi connectivity index (χ3v) is 2.39. The van der Waals surface area contributed by atoms with E-state index in [0.29, 0.717) is 5.57 Å². The second-order valence-electron chi connectivity index (χ2n) is 3.54. The number of carboxylic acid groups (broad SMARTS) is 1. The fraction of sp³-hybridized carbons (Fsp3) is 0.583. The summed E-state index contributed by atoms with van der Waals surface area (Å²) in [6.45, 7) is 9.37. The van der Waals surface area contributed by atoms with Gasteiger partial charge in [0.1, 0.15) is 0 Å². The van der Waals surface area contributed by atoms with E-state index < -0.39 is 5.97 Å². The number of unbranched alkanes of at least 4 members (excludes halogenated alkanes) is 1. The van der Waals surface area contributed by atoms with Gasteiger partial charge in [0.2, 0.25) is 0 Å².